The molecule has 21 heavy (non-hydrogen) atoms. The van der Waals surface area contributed by atoms with Crippen LogP contribution < -0.4 is 0 Å². The lowest BCUT2D eigenvalue weighted by Gasteiger charge is -2.38. The van der Waals surface area contributed by atoms with E-state index in [1.165, 1.54) is 6.20 Å². The molecule has 2 aromatic rings. The van der Waals surface area contributed by atoms with Crippen molar-refractivity contribution >= 4 is 17.6 Å². The summed E-state index contributed by atoms with van der Waals surface area (Å²) in [7, 11) is 1.88. The number of carbonyl (C=O) groups is 1. The van der Waals surface area contributed by atoms with Gasteiger partial charge in [0.25, 0.3) is 0 Å². The van der Waals surface area contributed by atoms with Gasteiger partial charge in [0, 0.05) is 26.7 Å². The third-order valence-electron chi connectivity index (χ3n) is 3.68. The first-order chi connectivity index (χ1) is 9.95. The van der Waals surface area contributed by atoms with Crippen LogP contribution in [-0.2, 0) is 13.6 Å². The van der Waals surface area contributed by atoms with Crippen molar-refractivity contribution in [1.82, 2.24) is 29.7 Å². The third-order valence-corrected chi connectivity index (χ3v) is 4.17. The lowest BCUT2D eigenvalue weighted by molar-refractivity contribution is 0.0689. The summed E-state index contributed by atoms with van der Waals surface area (Å²) in [6, 6.07) is 0.152. The van der Waals surface area contributed by atoms with E-state index in [4.69, 9.17) is 16.7 Å². The number of carboxylic acid groups (broad SMARTS) is 1. The minimum absolute atomic E-state index is 0.0289. The highest BCUT2D eigenvalue weighted by atomic mass is 35.5. The van der Waals surface area contributed by atoms with Gasteiger partial charge in [-0.2, -0.15) is 5.10 Å². The molecule has 1 N–H and O–H groups in total. The van der Waals surface area contributed by atoms with Crippen LogP contribution in [-0.4, -0.2) is 53.8 Å². The first kappa shape index (κ1) is 14.0. The Morgan fingerprint density at radius 1 is 1.52 bits per heavy atom. The molecule has 0 bridgehead atoms. The van der Waals surface area contributed by atoms with Crippen LogP contribution in [0.25, 0.3) is 0 Å². The van der Waals surface area contributed by atoms with Gasteiger partial charge >= 0.3 is 5.97 Å². The number of hydrogen-bond donors (Lipinski definition) is 1. The number of hydrogen-bond acceptors (Lipinski definition) is 5. The molecule has 3 rings (SSSR count). The zero-order chi connectivity index (χ0) is 15.1. The Balaban J connectivity index is 1.61. The van der Waals surface area contributed by atoms with Gasteiger partial charge in [0.1, 0.15) is 0 Å². The predicted octanol–water partition coefficient (Wildman–Crippen LogP) is 0.729. The molecule has 0 spiro atoms. The van der Waals surface area contributed by atoms with E-state index in [1.54, 1.807) is 9.36 Å². The molecule has 0 unspecified atom stereocenters. The predicted molar refractivity (Wildman–Crippen MR) is 74.3 cm³/mol. The van der Waals surface area contributed by atoms with Crippen LogP contribution in [0.5, 0.6) is 0 Å². The van der Waals surface area contributed by atoms with Gasteiger partial charge in [-0.3, -0.25) is 9.58 Å². The Bertz CT molecular complexity index is 688. The summed E-state index contributed by atoms with van der Waals surface area (Å²) in [5, 5.41) is 21.3. The first-order valence-corrected chi connectivity index (χ1v) is 6.89. The third kappa shape index (κ3) is 2.52. The van der Waals surface area contributed by atoms with Crippen LogP contribution >= 0.6 is 11.6 Å². The monoisotopic (exact) mass is 310 g/mol. The molecule has 8 nitrogen and oxygen atoms in total. The van der Waals surface area contributed by atoms with Gasteiger partial charge in [-0.15, -0.1) is 5.10 Å². The number of likely N-dealkylation sites (tertiary alicyclic amines) is 1. The highest BCUT2D eigenvalue weighted by Gasteiger charge is 2.31. The smallest absolute Gasteiger partial charge is 0.358 e. The van der Waals surface area contributed by atoms with E-state index < -0.39 is 5.97 Å². The summed E-state index contributed by atoms with van der Waals surface area (Å²) in [6.07, 6.45) is 1.46. The summed E-state index contributed by atoms with van der Waals surface area (Å²) >= 11 is 6.23. The molecular weight excluding hydrogens is 296 g/mol. The molecule has 0 aliphatic carbocycles. The van der Waals surface area contributed by atoms with Gasteiger partial charge in [0.2, 0.25) is 0 Å². The van der Waals surface area contributed by atoms with E-state index in [2.05, 4.69) is 20.3 Å². The highest BCUT2D eigenvalue weighted by molar-refractivity contribution is 6.31. The fourth-order valence-electron chi connectivity index (χ4n) is 2.46. The summed E-state index contributed by atoms with van der Waals surface area (Å²) in [4.78, 5) is 13.0. The normalized spacial score (nSPS) is 16.1. The van der Waals surface area contributed by atoms with Crippen LogP contribution in [0, 0.1) is 6.92 Å². The van der Waals surface area contributed by atoms with E-state index in [-0.39, 0.29) is 11.7 Å². The average Bonchev–Trinajstić information content (AvgIpc) is 2.93. The number of aromatic carboxylic acids is 1. The minimum Gasteiger partial charge on any atom is -0.476 e. The van der Waals surface area contributed by atoms with Crippen LogP contribution in [0.15, 0.2) is 6.20 Å². The first-order valence-electron chi connectivity index (χ1n) is 6.51. The second kappa shape index (κ2) is 5.12. The van der Waals surface area contributed by atoms with Crippen molar-refractivity contribution in [2.75, 3.05) is 13.1 Å². The fourth-order valence-corrected chi connectivity index (χ4v) is 2.68. The lowest BCUT2D eigenvalue weighted by Crippen LogP contribution is -2.47. The van der Waals surface area contributed by atoms with Gasteiger partial charge in [-0.1, -0.05) is 16.8 Å². The molecular formula is C12H15ClN6O2. The minimum atomic E-state index is -1.06. The fraction of sp³-hybridized carbons (Fsp3) is 0.500. The SMILES string of the molecule is Cc1nn(C)c(CN2CC(n3cc(C(=O)O)nn3)C2)c1Cl. The molecule has 0 radical (unpaired) electrons. The summed E-state index contributed by atoms with van der Waals surface area (Å²) < 4.78 is 3.40. The molecule has 112 valence electrons. The lowest BCUT2D eigenvalue weighted by atomic mass is 10.1. The van der Waals surface area contributed by atoms with Crippen molar-refractivity contribution in [1.29, 1.82) is 0 Å². The molecule has 0 aromatic carbocycles. The molecule has 9 heteroatoms. The summed E-state index contributed by atoms with van der Waals surface area (Å²) in [5.41, 5.74) is 1.78. The topological polar surface area (TPSA) is 89.1 Å². The summed E-state index contributed by atoms with van der Waals surface area (Å²) in [6.45, 7) is 4.16. The van der Waals surface area contributed by atoms with Crippen LogP contribution in [0.3, 0.4) is 0 Å². The van der Waals surface area contributed by atoms with Crippen molar-refractivity contribution in [3.05, 3.63) is 28.3 Å². The Labute approximate surface area is 125 Å². The number of rotatable bonds is 4. The molecule has 1 aliphatic rings. The van der Waals surface area contributed by atoms with Gasteiger partial charge in [-0.25, -0.2) is 9.48 Å². The van der Waals surface area contributed by atoms with E-state index in [9.17, 15) is 4.79 Å². The molecule has 2 aromatic heterocycles. The molecule has 1 aliphatic heterocycles. The van der Waals surface area contributed by atoms with Gasteiger partial charge in [0.15, 0.2) is 5.69 Å². The van der Waals surface area contributed by atoms with Crippen LogP contribution in [0.4, 0.5) is 0 Å². The number of nitrogens with zero attached hydrogens (tertiary/aromatic N) is 6. The van der Waals surface area contributed by atoms with Crippen LogP contribution in [0.1, 0.15) is 27.9 Å². The van der Waals surface area contributed by atoms with Crippen molar-refractivity contribution in [3.63, 3.8) is 0 Å². The van der Waals surface area contributed by atoms with Gasteiger partial charge in [0.05, 0.1) is 28.6 Å². The molecule has 0 amide bonds. The Kier molecular flexibility index (Phi) is 3.42. The Morgan fingerprint density at radius 3 is 2.76 bits per heavy atom. The number of aryl methyl sites for hydroxylation is 2. The van der Waals surface area contributed by atoms with Crippen molar-refractivity contribution in [3.8, 4) is 0 Å². The van der Waals surface area contributed by atoms with E-state index >= 15 is 0 Å². The van der Waals surface area contributed by atoms with Gasteiger partial charge < -0.3 is 5.11 Å². The maximum Gasteiger partial charge on any atom is 0.358 e. The van der Waals surface area contributed by atoms with E-state index in [1.807, 2.05) is 14.0 Å². The van der Waals surface area contributed by atoms with Crippen molar-refractivity contribution < 1.29 is 9.90 Å². The maximum atomic E-state index is 10.8. The summed E-state index contributed by atoms with van der Waals surface area (Å²) in [5.74, 6) is -1.06. The molecule has 3 heterocycles. The van der Waals surface area contributed by atoms with Crippen molar-refractivity contribution in [2.45, 2.75) is 19.5 Å². The maximum absolute atomic E-state index is 10.8. The van der Waals surface area contributed by atoms with Gasteiger partial charge in [-0.05, 0) is 6.92 Å². The standard InChI is InChI=1S/C12H15ClN6O2/c1-7-11(13)10(17(2)15-7)6-18-3-8(4-18)19-5-9(12(20)21)14-16-19/h5,8H,3-4,6H2,1-2H3,(H,20,21). The molecule has 0 saturated carbocycles. The second-order valence-corrected chi connectivity index (χ2v) is 5.58. The number of aromatic nitrogens is 5. The zero-order valence-corrected chi connectivity index (χ0v) is 12.4. The average molecular weight is 311 g/mol. The quantitative estimate of drug-likeness (QED) is 0.895. The number of carboxylic acids is 1. The van der Waals surface area contributed by atoms with E-state index in [0.717, 1.165) is 24.5 Å². The Morgan fingerprint density at radius 2 is 2.24 bits per heavy atom. The van der Waals surface area contributed by atoms with Crippen LogP contribution in [0.2, 0.25) is 5.02 Å². The largest absolute Gasteiger partial charge is 0.476 e. The Hall–Kier alpha value is -1.93. The molecule has 1 saturated heterocycles. The second-order valence-electron chi connectivity index (χ2n) is 5.21. The highest BCUT2D eigenvalue weighted by Crippen LogP contribution is 2.26. The molecule has 0 atom stereocenters. The zero-order valence-electron chi connectivity index (χ0n) is 11.7. The van der Waals surface area contributed by atoms with E-state index in [0.29, 0.717) is 11.6 Å². The number of halogens is 1. The van der Waals surface area contributed by atoms with Crippen molar-refractivity contribution in [2.24, 2.45) is 7.05 Å². The molecule has 1 fully saturated rings.